The molecular weight excluding hydrogens is 410 g/mol. The largest absolute Gasteiger partial charge is 0.493 e. The second-order valence-corrected chi connectivity index (χ2v) is 6.92. The van der Waals surface area contributed by atoms with E-state index in [2.05, 4.69) is 22.2 Å². The second kappa shape index (κ2) is 14.0. The van der Waals surface area contributed by atoms with E-state index in [4.69, 9.17) is 19.6 Å². The summed E-state index contributed by atoms with van der Waals surface area (Å²) in [5, 5.41) is 14.5. The van der Waals surface area contributed by atoms with Crippen molar-refractivity contribution in [2.45, 2.75) is 46.6 Å². The van der Waals surface area contributed by atoms with Gasteiger partial charge in [0, 0.05) is 34.1 Å². The van der Waals surface area contributed by atoms with Gasteiger partial charge in [-0.1, -0.05) is 26.5 Å². The molecule has 3 N–H and O–H groups in total. The molecule has 0 atom stereocenters. The van der Waals surface area contributed by atoms with Gasteiger partial charge >= 0.3 is 6.09 Å². The number of rotatable bonds is 11. The highest BCUT2D eigenvalue weighted by atomic mass is 16.5. The average Bonchev–Trinajstić information content (AvgIpc) is 2.80. The van der Waals surface area contributed by atoms with Crippen LogP contribution in [0.25, 0.3) is 11.0 Å². The van der Waals surface area contributed by atoms with Crippen molar-refractivity contribution >= 4 is 22.9 Å². The summed E-state index contributed by atoms with van der Waals surface area (Å²) in [6.45, 7) is 12.9. The van der Waals surface area contributed by atoms with Crippen LogP contribution < -0.4 is 25.6 Å². The number of unbranched alkanes of at least 4 members (excludes halogenated alkanes) is 1. The van der Waals surface area contributed by atoms with E-state index in [0.29, 0.717) is 41.4 Å². The molecule has 0 saturated carbocycles. The van der Waals surface area contributed by atoms with E-state index in [-0.39, 0.29) is 15.5 Å². The average molecular weight is 452 g/mol. The summed E-state index contributed by atoms with van der Waals surface area (Å²) >= 11 is 0. The summed E-state index contributed by atoms with van der Waals surface area (Å²) in [6, 6.07) is 3.73. The number of aromatic nitrogens is 2. The smallest absolute Gasteiger partial charge is 0.407 e. The molecule has 9 nitrogen and oxygen atoms in total. The van der Waals surface area contributed by atoms with Gasteiger partial charge in [-0.05, 0) is 26.7 Å². The molecule has 32 heavy (non-hydrogen) atoms. The lowest BCUT2D eigenvalue weighted by molar-refractivity contribution is 0.158. The lowest BCUT2D eigenvalue weighted by Crippen LogP contribution is -2.28. The fourth-order valence-corrected chi connectivity index (χ4v) is 3.04. The number of alkyl carbamates (subject to hydrolysis) is 1. The van der Waals surface area contributed by atoms with Gasteiger partial charge in [-0.3, -0.25) is 5.41 Å². The van der Waals surface area contributed by atoms with E-state index >= 15 is 0 Å². The normalized spacial score (nSPS) is 10.2. The zero-order valence-electron chi connectivity index (χ0n) is 20.1. The molecule has 182 valence electrons. The molecule has 2 aromatic rings. The van der Waals surface area contributed by atoms with Crippen molar-refractivity contribution in [3.05, 3.63) is 30.3 Å². The molecule has 0 aliphatic heterocycles. The number of carbonyl (C=O) groups excluding carboxylic acids is 1. The van der Waals surface area contributed by atoms with Gasteiger partial charge in [-0.15, -0.1) is 0 Å². The monoisotopic (exact) mass is 451 g/mol. The molecule has 1 aromatic heterocycles. The van der Waals surface area contributed by atoms with Gasteiger partial charge in [0.25, 0.3) is 0 Å². The van der Waals surface area contributed by atoms with Gasteiger partial charge in [0.1, 0.15) is 6.61 Å². The van der Waals surface area contributed by atoms with Crippen LogP contribution in [0, 0.1) is 5.41 Å². The van der Waals surface area contributed by atoms with Crippen molar-refractivity contribution in [3.8, 4) is 11.5 Å². The van der Waals surface area contributed by atoms with Gasteiger partial charge in [0.2, 0.25) is 0 Å². The molecule has 0 unspecified atom stereocenters. The molecule has 0 aliphatic rings. The van der Waals surface area contributed by atoms with Crippen LogP contribution in [0.5, 0.6) is 11.5 Å². The first-order valence-electron chi connectivity index (χ1n) is 10.9. The Bertz CT molecular complexity index is 951. The zero-order valence-corrected chi connectivity index (χ0v) is 20.1. The summed E-state index contributed by atoms with van der Waals surface area (Å²) in [5.74, 6) is 1.69. The number of ether oxygens (including phenoxy) is 3. The standard InChI is InChI=1S/C21H31N5O4.C2H6.2H2/c1-6-11-30-21(27)24-10-8-7-9-23-20-19(22)26(14(2)3)16-13-18(29-5)17(28-4)12-15(16)25-20;1-2;;/h6,12-14,22H,1,7-11H2,2-5H3,(H,23,25)(H,24,27);1-2H3;2*1H. The van der Waals surface area contributed by atoms with Crippen LogP contribution in [0.4, 0.5) is 10.6 Å². The van der Waals surface area contributed by atoms with E-state index in [0.717, 1.165) is 18.4 Å². The fraction of sp³-hybridized carbons (Fsp3) is 0.522. The number of anilines is 1. The number of methoxy groups -OCH3 is 2. The number of hydrogen-bond donors (Lipinski definition) is 3. The quantitative estimate of drug-likeness (QED) is 0.336. The van der Waals surface area contributed by atoms with Crippen molar-refractivity contribution in [1.29, 1.82) is 5.41 Å². The molecule has 0 aliphatic carbocycles. The van der Waals surface area contributed by atoms with Crippen LogP contribution in [0.3, 0.4) is 0 Å². The topological polar surface area (TPSA) is 110 Å². The minimum absolute atomic E-state index is 0. The Kier molecular flexibility index (Phi) is 11.7. The molecular formula is C23H41N5O4. The third kappa shape index (κ3) is 7.18. The number of hydrogen-bond acceptors (Lipinski definition) is 7. The molecule has 1 aromatic carbocycles. The van der Waals surface area contributed by atoms with Crippen molar-refractivity contribution < 1.29 is 21.9 Å². The number of benzene rings is 1. The highest BCUT2D eigenvalue weighted by molar-refractivity contribution is 5.81. The number of amides is 1. The van der Waals surface area contributed by atoms with Gasteiger partial charge in [-0.2, -0.15) is 0 Å². The molecule has 1 amide bonds. The van der Waals surface area contributed by atoms with Gasteiger partial charge in [-0.25, -0.2) is 9.78 Å². The molecule has 9 heteroatoms. The predicted molar refractivity (Wildman–Crippen MR) is 132 cm³/mol. The molecule has 0 spiro atoms. The maximum absolute atomic E-state index is 11.4. The third-order valence-corrected chi connectivity index (χ3v) is 4.45. The summed E-state index contributed by atoms with van der Waals surface area (Å²) in [7, 11) is 3.17. The number of nitrogens with one attached hydrogen (secondary N) is 3. The highest BCUT2D eigenvalue weighted by Gasteiger charge is 2.15. The van der Waals surface area contributed by atoms with Gasteiger partial charge in [0.15, 0.2) is 22.8 Å². The highest BCUT2D eigenvalue weighted by Crippen LogP contribution is 2.32. The maximum atomic E-state index is 11.4. The molecule has 0 saturated heterocycles. The minimum atomic E-state index is -0.449. The summed E-state index contributed by atoms with van der Waals surface area (Å²) in [6.07, 6.45) is 2.64. The van der Waals surface area contributed by atoms with Crippen molar-refractivity contribution in [2.24, 2.45) is 0 Å². The fourth-order valence-electron chi connectivity index (χ4n) is 3.04. The van der Waals surface area contributed by atoms with Gasteiger partial charge in [0.05, 0.1) is 25.3 Å². The van der Waals surface area contributed by atoms with Crippen molar-refractivity contribution in [1.82, 2.24) is 14.9 Å². The zero-order chi connectivity index (χ0) is 24.1. The first-order valence-corrected chi connectivity index (χ1v) is 10.9. The second-order valence-electron chi connectivity index (χ2n) is 6.92. The molecule has 0 fully saturated rings. The van der Waals surface area contributed by atoms with Gasteiger partial charge < -0.3 is 29.4 Å². The third-order valence-electron chi connectivity index (χ3n) is 4.45. The SMILES string of the molecule is C=CCOC(=O)NCCCCNc1nc2cc(OC)c(OC)cc2n(C(C)C)c1=N.CC.[HH].[HH]. The Morgan fingerprint density at radius 1 is 1.22 bits per heavy atom. The van der Waals surface area contributed by atoms with Crippen molar-refractivity contribution in [3.63, 3.8) is 0 Å². The molecule has 0 bridgehead atoms. The first-order chi connectivity index (χ1) is 15.4. The van der Waals surface area contributed by atoms with Crippen LogP contribution >= 0.6 is 0 Å². The maximum Gasteiger partial charge on any atom is 0.407 e. The van der Waals surface area contributed by atoms with E-state index in [9.17, 15) is 4.79 Å². The minimum Gasteiger partial charge on any atom is -0.493 e. The van der Waals surface area contributed by atoms with E-state index in [1.165, 1.54) is 6.08 Å². The predicted octanol–water partition coefficient (Wildman–Crippen LogP) is 4.74. The van der Waals surface area contributed by atoms with E-state index in [1.54, 1.807) is 14.2 Å². The van der Waals surface area contributed by atoms with E-state index < -0.39 is 6.09 Å². The van der Waals surface area contributed by atoms with Crippen LogP contribution in [-0.2, 0) is 4.74 Å². The Morgan fingerprint density at radius 3 is 2.44 bits per heavy atom. The molecule has 1 heterocycles. The number of carbonyl (C=O) groups is 1. The lowest BCUT2D eigenvalue weighted by Gasteiger charge is -2.19. The van der Waals surface area contributed by atoms with Crippen LogP contribution in [0.1, 0.15) is 49.4 Å². The lowest BCUT2D eigenvalue weighted by atomic mass is 10.2. The van der Waals surface area contributed by atoms with Crippen LogP contribution in [0.15, 0.2) is 24.8 Å². The van der Waals surface area contributed by atoms with Crippen LogP contribution in [0.2, 0.25) is 0 Å². The van der Waals surface area contributed by atoms with Crippen molar-refractivity contribution in [2.75, 3.05) is 39.2 Å². The summed E-state index contributed by atoms with van der Waals surface area (Å²) in [4.78, 5) is 16.0. The molecule has 2 rings (SSSR count). The summed E-state index contributed by atoms with van der Waals surface area (Å²) in [5.41, 5.74) is 1.82. The van der Waals surface area contributed by atoms with E-state index in [1.807, 2.05) is 44.4 Å². The Labute approximate surface area is 193 Å². The van der Waals surface area contributed by atoms with Crippen LogP contribution in [-0.4, -0.2) is 49.6 Å². The Balaban J connectivity index is 0. The number of nitrogens with zero attached hydrogens (tertiary/aromatic N) is 2. The summed E-state index contributed by atoms with van der Waals surface area (Å²) < 4.78 is 17.6. The first kappa shape index (κ1) is 26.8. The number of fused-ring (bicyclic) bond motifs is 1. The Morgan fingerprint density at radius 2 is 1.84 bits per heavy atom. The Hall–Kier alpha value is -3.23. The molecule has 0 radical (unpaired) electrons.